The van der Waals surface area contributed by atoms with Gasteiger partial charge in [0.25, 0.3) is 0 Å². The van der Waals surface area contributed by atoms with Crippen molar-refractivity contribution in [2.45, 2.75) is 12.3 Å². The van der Waals surface area contributed by atoms with Crippen LogP contribution in [0, 0.1) is 0 Å². The fraction of sp³-hybridized carbons (Fsp3) is 0.231. The summed E-state index contributed by atoms with van der Waals surface area (Å²) in [4.78, 5) is 0. The summed E-state index contributed by atoms with van der Waals surface area (Å²) in [5.41, 5.74) is 2.71. The minimum atomic E-state index is 0.575. The van der Waals surface area contributed by atoms with Gasteiger partial charge in [-0.3, -0.25) is 0 Å². The average molecular weight is 186 g/mol. The second-order valence-corrected chi connectivity index (χ2v) is 3.61. The summed E-state index contributed by atoms with van der Waals surface area (Å²) in [6.07, 6.45) is 9.87. The molecule has 0 saturated heterocycles. The minimum Gasteiger partial charge on any atom is -0.316 e. The van der Waals surface area contributed by atoms with Crippen molar-refractivity contribution in [3.8, 4) is 0 Å². The summed E-state index contributed by atoms with van der Waals surface area (Å²) in [5.74, 6) is 0.575. The summed E-state index contributed by atoms with van der Waals surface area (Å²) >= 11 is 0. The molecular formula is C13H16N+. The first-order valence-electron chi connectivity index (χ1n) is 5.13. The lowest BCUT2D eigenvalue weighted by atomic mass is 9.92. The van der Waals surface area contributed by atoms with Crippen molar-refractivity contribution in [2.24, 2.45) is 0 Å². The highest BCUT2D eigenvalue weighted by Gasteiger charge is 2.07. The van der Waals surface area contributed by atoms with Gasteiger partial charge in [-0.25, -0.2) is 0 Å². The van der Waals surface area contributed by atoms with Gasteiger partial charge in [-0.2, -0.15) is 0 Å². The van der Waals surface area contributed by atoms with E-state index in [0.29, 0.717) is 5.92 Å². The van der Waals surface area contributed by atoms with Crippen LogP contribution in [0.3, 0.4) is 0 Å². The van der Waals surface area contributed by atoms with Crippen LogP contribution in [0.5, 0.6) is 0 Å². The second-order valence-electron chi connectivity index (χ2n) is 3.61. The van der Waals surface area contributed by atoms with Crippen LogP contribution in [0.15, 0.2) is 48.6 Å². The molecule has 0 amide bonds. The molecule has 72 valence electrons. The van der Waals surface area contributed by atoms with Crippen LogP contribution in [0.1, 0.15) is 17.9 Å². The summed E-state index contributed by atoms with van der Waals surface area (Å²) in [6.45, 7) is 0. The summed E-state index contributed by atoms with van der Waals surface area (Å²) in [7, 11) is 2.07. The quantitative estimate of drug-likeness (QED) is 0.681. The maximum atomic E-state index is 2.27. The highest BCUT2D eigenvalue weighted by Crippen LogP contribution is 2.24. The number of hydrogen-bond donors (Lipinski definition) is 1. The standard InChI is InChI=1S/C13H15N/c1-14-13-9-7-12(8-10-13)11-5-3-2-4-6-11/h2-5,7-11,14H,6H2,1H3/p+1. The zero-order valence-electron chi connectivity index (χ0n) is 8.48. The molecule has 1 aromatic carbocycles. The Bertz CT molecular complexity index is 346. The fourth-order valence-electron chi connectivity index (χ4n) is 1.76. The molecule has 0 aromatic heterocycles. The average Bonchev–Trinajstić information content (AvgIpc) is 2.30. The van der Waals surface area contributed by atoms with Crippen molar-refractivity contribution in [3.63, 3.8) is 0 Å². The van der Waals surface area contributed by atoms with Crippen molar-refractivity contribution in [1.29, 1.82) is 0 Å². The first kappa shape index (κ1) is 9.22. The molecule has 1 aromatic rings. The Morgan fingerprint density at radius 3 is 2.50 bits per heavy atom. The zero-order chi connectivity index (χ0) is 9.80. The highest BCUT2D eigenvalue weighted by atomic mass is 14.8. The van der Waals surface area contributed by atoms with Crippen LogP contribution in [0.25, 0.3) is 0 Å². The number of hydrogen-bond acceptors (Lipinski definition) is 0. The Kier molecular flexibility index (Phi) is 2.80. The first-order chi connectivity index (χ1) is 6.90. The molecule has 1 aliphatic carbocycles. The van der Waals surface area contributed by atoms with Gasteiger partial charge in [0.15, 0.2) is 0 Å². The van der Waals surface area contributed by atoms with E-state index in [-0.39, 0.29) is 0 Å². The van der Waals surface area contributed by atoms with Crippen LogP contribution in [-0.2, 0) is 0 Å². The maximum Gasteiger partial charge on any atom is 0.129 e. The molecule has 0 saturated carbocycles. The molecule has 1 unspecified atom stereocenters. The van der Waals surface area contributed by atoms with Crippen molar-refractivity contribution in [2.75, 3.05) is 7.05 Å². The monoisotopic (exact) mass is 186 g/mol. The third-order valence-corrected chi connectivity index (χ3v) is 2.68. The van der Waals surface area contributed by atoms with Gasteiger partial charge in [-0.05, 0) is 24.1 Å². The highest BCUT2D eigenvalue weighted by molar-refractivity contribution is 5.36. The van der Waals surface area contributed by atoms with Gasteiger partial charge in [0.05, 0.1) is 7.05 Å². The Morgan fingerprint density at radius 2 is 1.93 bits per heavy atom. The number of benzene rings is 1. The molecular weight excluding hydrogens is 170 g/mol. The lowest BCUT2D eigenvalue weighted by Crippen LogP contribution is -2.72. The third-order valence-electron chi connectivity index (χ3n) is 2.68. The smallest absolute Gasteiger partial charge is 0.129 e. The van der Waals surface area contributed by atoms with Crippen molar-refractivity contribution < 1.29 is 5.32 Å². The molecule has 0 heterocycles. The maximum absolute atomic E-state index is 2.27. The number of nitrogens with two attached hydrogens (primary N) is 1. The lowest BCUT2D eigenvalue weighted by molar-refractivity contribution is -0.539. The Hall–Kier alpha value is -1.34. The van der Waals surface area contributed by atoms with E-state index in [0.717, 1.165) is 6.42 Å². The van der Waals surface area contributed by atoms with Gasteiger partial charge < -0.3 is 5.32 Å². The van der Waals surface area contributed by atoms with Gasteiger partial charge in [0, 0.05) is 5.92 Å². The van der Waals surface area contributed by atoms with Crippen LogP contribution in [0.4, 0.5) is 5.69 Å². The molecule has 2 rings (SSSR count). The van der Waals surface area contributed by atoms with E-state index in [1.165, 1.54) is 11.3 Å². The van der Waals surface area contributed by atoms with Crippen molar-refractivity contribution in [3.05, 3.63) is 54.1 Å². The van der Waals surface area contributed by atoms with E-state index in [9.17, 15) is 0 Å². The molecule has 14 heavy (non-hydrogen) atoms. The summed E-state index contributed by atoms with van der Waals surface area (Å²) in [5, 5.41) is 2.13. The van der Waals surface area contributed by atoms with E-state index >= 15 is 0 Å². The summed E-state index contributed by atoms with van der Waals surface area (Å²) in [6, 6.07) is 8.82. The van der Waals surface area contributed by atoms with E-state index in [1.807, 2.05) is 0 Å². The lowest BCUT2D eigenvalue weighted by Gasteiger charge is -2.12. The Morgan fingerprint density at radius 1 is 1.14 bits per heavy atom. The van der Waals surface area contributed by atoms with Crippen LogP contribution in [-0.4, -0.2) is 7.05 Å². The molecule has 2 N–H and O–H groups in total. The van der Waals surface area contributed by atoms with Crippen LogP contribution < -0.4 is 5.32 Å². The zero-order valence-corrected chi connectivity index (χ0v) is 8.48. The van der Waals surface area contributed by atoms with Crippen molar-refractivity contribution >= 4 is 5.69 Å². The number of rotatable bonds is 2. The molecule has 0 bridgehead atoms. The largest absolute Gasteiger partial charge is 0.316 e. The molecule has 1 atom stereocenters. The molecule has 1 aliphatic rings. The van der Waals surface area contributed by atoms with Gasteiger partial charge in [-0.1, -0.05) is 36.4 Å². The second kappa shape index (κ2) is 4.25. The molecule has 0 spiro atoms. The molecule has 0 aliphatic heterocycles. The van der Waals surface area contributed by atoms with Gasteiger partial charge in [-0.15, -0.1) is 0 Å². The fourth-order valence-corrected chi connectivity index (χ4v) is 1.76. The van der Waals surface area contributed by atoms with E-state index in [1.54, 1.807) is 0 Å². The van der Waals surface area contributed by atoms with E-state index in [2.05, 4.69) is 60.9 Å². The predicted octanol–water partition coefficient (Wildman–Crippen LogP) is 2.11. The molecule has 0 radical (unpaired) electrons. The van der Waals surface area contributed by atoms with Gasteiger partial charge >= 0.3 is 0 Å². The van der Waals surface area contributed by atoms with Gasteiger partial charge in [0.2, 0.25) is 0 Å². The molecule has 0 fully saturated rings. The SMILES string of the molecule is C[NH2+]c1ccc(C2C=CC=CC2)cc1. The van der Waals surface area contributed by atoms with E-state index in [4.69, 9.17) is 0 Å². The topological polar surface area (TPSA) is 16.6 Å². The third kappa shape index (κ3) is 1.94. The predicted molar refractivity (Wildman–Crippen MR) is 59.6 cm³/mol. The van der Waals surface area contributed by atoms with Crippen molar-refractivity contribution in [1.82, 2.24) is 0 Å². The van der Waals surface area contributed by atoms with E-state index < -0.39 is 0 Å². The minimum absolute atomic E-state index is 0.575. The molecule has 1 nitrogen and oxygen atoms in total. The summed E-state index contributed by atoms with van der Waals surface area (Å²) < 4.78 is 0. The normalized spacial score (nSPS) is 19.9. The van der Waals surface area contributed by atoms with Crippen LogP contribution >= 0.6 is 0 Å². The number of allylic oxidation sites excluding steroid dienone is 4. The van der Waals surface area contributed by atoms with Crippen LogP contribution in [0.2, 0.25) is 0 Å². The number of quaternary nitrogens is 1. The molecule has 1 heteroatoms. The Balaban J connectivity index is 2.16. The van der Waals surface area contributed by atoms with Gasteiger partial charge in [0.1, 0.15) is 5.69 Å². The first-order valence-corrected chi connectivity index (χ1v) is 5.13. The Labute approximate surface area is 85.2 Å².